The topological polar surface area (TPSA) is 181 Å². The largest absolute Gasteiger partial charge is 0.351 e. The van der Waals surface area contributed by atoms with Crippen LogP contribution in [0.1, 0.15) is 53.3 Å². The Labute approximate surface area is 205 Å². The van der Waals surface area contributed by atoms with E-state index < -0.39 is 29.8 Å². The van der Waals surface area contributed by atoms with Crippen LogP contribution in [0.3, 0.4) is 0 Å². The van der Waals surface area contributed by atoms with Crippen molar-refractivity contribution in [2.45, 2.75) is 45.7 Å². The molecule has 0 saturated heterocycles. The SMILES string of the molecule is Cc1nc(CC[C@@H](NC(=O)[C@H](C)NC(=O)CNC(=O)c2cc3ccccc3[nH]2)c2noc(C)n2)no1. The van der Waals surface area contributed by atoms with Crippen LogP contribution in [0, 0.1) is 13.8 Å². The third-order valence-electron chi connectivity index (χ3n) is 5.35. The number of hydrogen-bond donors (Lipinski definition) is 4. The average molecular weight is 495 g/mol. The summed E-state index contributed by atoms with van der Waals surface area (Å²) < 4.78 is 10.0. The Morgan fingerprint density at radius 1 is 1.03 bits per heavy atom. The Kier molecular flexibility index (Phi) is 7.37. The molecule has 0 fully saturated rings. The van der Waals surface area contributed by atoms with Crippen LogP contribution in [0.4, 0.5) is 0 Å². The Bertz CT molecular complexity index is 1340. The van der Waals surface area contributed by atoms with Crippen LogP contribution >= 0.6 is 0 Å². The van der Waals surface area contributed by atoms with E-state index in [2.05, 4.69) is 41.2 Å². The molecule has 36 heavy (non-hydrogen) atoms. The van der Waals surface area contributed by atoms with Crippen LogP contribution in [0.15, 0.2) is 39.4 Å². The second-order valence-corrected chi connectivity index (χ2v) is 8.24. The summed E-state index contributed by atoms with van der Waals surface area (Å²) in [5.41, 5.74) is 1.16. The van der Waals surface area contributed by atoms with E-state index in [1.165, 1.54) is 6.92 Å². The van der Waals surface area contributed by atoms with Gasteiger partial charge in [0, 0.05) is 31.2 Å². The highest BCUT2D eigenvalue weighted by atomic mass is 16.5. The quantitative estimate of drug-likeness (QED) is 0.252. The van der Waals surface area contributed by atoms with Gasteiger partial charge in [-0.2, -0.15) is 9.97 Å². The first-order valence-electron chi connectivity index (χ1n) is 11.3. The molecular formula is C23H26N8O5. The normalized spacial score (nSPS) is 12.8. The molecule has 4 aromatic rings. The van der Waals surface area contributed by atoms with E-state index in [1.807, 2.05) is 24.3 Å². The molecule has 13 heteroatoms. The van der Waals surface area contributed by atoms with Crippen molar-refractivity contribution in [3.63, 3.8) is 0 Å². The van der Waals surface area contributed by atoms with Gasteiger partial charge in [0.1, 0.15) is 11.7 Å². The molecule has 0 spiro atoms. The third-order valence-corrected chi connectivity index (χ3v) is 5.35. The molecule has 13 nitrogen and oxygen atoms in total. The second kappa shape index (κ2) is 10.8. The summed E-state index contributed by atoms with van der Waals surface area (Å²) in [6.07, 6.45) is 0.779. The summed E-state index contributed by atoms with van der Waals surface area (Å²) in [5.74, 6) is 0.172. The number of nitrogens with one attached hydrogen (secondary N) is 4. The smallest absolute Gasteiger partial charge is 0.268 e. The van der Waals surface area contributed by atoms with Crippen molar-refractivity contribution in [3.05, 3.63) is 59.5 Å². The fourth-order valence-electron chi connectivity index (χ4n) is 3.54. The van der Waals surface area contributed by atoms with Crippen LogP contribution in [0.25, 0.3) is 10.9 Å². The maximum atomic E-state index is 12.8. The molecule has 1 aromatic carbocycles. The lowest BCUT2D eigenvalue weighted by Crippen LogP contribution is -2.48. The number of rotatable bonds is 10. The first-order valence-corrected chi connectivity index (χ1v) is 11.3. The highest BCUT2D eigenvalue weighted by molar-refractivity contribution is 5.99. The van der Waals surface area contributed by atoms with E-state index in [-0.39, 0.29) is 6.54 Å². The summed E-state index contributed by atoms with van der Waals surface area (Å²) >= 11 is 0. The number of nitrogens with zero attached hydrogens (tertiary/aromatic N) is 4. The monoisotopic (exact) mass is 494 g/mol. The van der Waals surface area contributed by atoms with Gasteiger partial charge in [-0.1, -0.05) is 28.5 Å². The maximum absolute atomic E-state index is 12.8. The van der Waals surface area contributed by atoms with E-state index in [9.17, 15) is 14.4 Å². The maximum Gasteiger partial charge on any atom is 0.268 e. The Morgan fingerprint density at radius 2 is 1.78 bits per heavy atom. The minimum absolute atomic E-state index is 0.295. The number of aryl methyl sites for hydroxylation is 3. The first-order chi connectivity index (χ1) is 17.3. The van der Waals surface area contributed by atoms with Gasteiger partial charge < -0.3 is 30.0 Å². The van der Waals surface area contributed by atoms with Crippen LogP contribution in [0.5, 0.6) is 0 Å². The predicted molar refractivity (Wildman–Crippen MR) is 126 cm³/mol. The average Bonchev–Trinajstić information content (AvgIpc) is 3.59. The van der Waals surface area contributed by atoms with Crippen LogP contribution < -0.4 is 16.0 Å². The van der Waals surface area contributed by atoms with Crippen molar-refractivity contribution in [2.75, 3.05) is 6.54 Å². The summed E-state index contributed by atoms with van der Waals surface area (Å²) in [5, 5.41) is 16.6. The summed E-state index contributed by atoms with van der Waals surface area (Å²) in [6.45, 7) is 4.57. The third kappa shape index (κ3) is 6.11. The molecular weight excluding hydrogens is 468 g/mol. The minimum Gasteiger partial charge on any atom is -0.351 e. The summed E-state index contributed by atoms with van der Waals surface area (Å²) in [4.78, 5) is 48.9. The summed E-state index contributed by atoms with van der Waals surface area (Å²) in [6, 6.07) is 7.67. The first kappa shape index (κ1) is 24.6. The number of benzene rings is 1. The molecule has 4 N–H and O–H groups in total. The van der Waals surface area contributed by atoms with Crippen molar-refractivity contribution >= 4 is 28.6 Å². The second-order valence-electron chi connectivity index (χ2n) is 8.24. The number of aromatic nitrogens is 5. The molecule has 3 aromatic heterocycles. The highest BCUT2D eigenvalue weighted by Crippen LogP contribution is 2.17. The highest BCUT2D eigenvalue weighted by Gasteiger charge is 2.24. The van der Waals surface area contributed by atoms with Gasteiger partial charge >= 0.3 is 0 Å². The minimum atomic E-state index is -0.884. The molecule has 0 unspecified atom stereocenters. The number of fused-ring (bicyclic) bond motifs is 1. The number of carbonyl (C=O) groups is 3. The number of para-hydroxylation sites is 1. The van der Waals surface area contributed by atoms with Crippen molar-refractivity contribution in [2.24, 2.45) is 0 Å². The number of hydrogen-bond acceptors (Lipinski definition) is 9. The van der Waals surface area contributed by atoms with Crippen molar-refractivity contribution in [3.8, 4) is 0 Å². The molecule has 2 atom stereocenters. The van der Waals surface area contributed by atoms with Gasteiger partial charge in [0.05, 0.1) is 12.6 Å². The molecule has 3 amide bonds. The molecule has 3 heterocycles. The standard InChI is InChI=1S/C23H26N8O5/c1-12(25-20(32)11-24-23(34)18-10-15-6-4-5-7-16(15)28-18)22(33)29-17(21-27-14(3)36-31-21)8-9-19-26-13(2)35-30-19/h4-7,10,12,17,28H,8-9,11H2,1-3H3,(H,24,34)(H,25,32)(H,29,33)/t12-,17+/m0/s1. The molecule has 4 rings (SSSR count). The lowest BCUT2D eigenvalue weighted by molar-refractivity contribution is -0.128. The number of H-pyrrole nitrogens is 1. The lowest BCUT2D eigenvalue weighted by atomic mass is 10.1. The molecule has 0 radical (unpaired) electrons. The van der Waals surface area contributed by atoms with Gasteiger partial charge in [-0.15, -0.1) is 0 Å². The van der Waals surface area contributed by atoms with Gasteiger partial charge in [-0.25, -0.2) is 0 Å². The van der Waals surface area contributed by atoms with Crippen LogP contribution in [0.2, 0.25) is 0 Å². The van der Waals surface area contributed by atoms with Crippen LogP contribution in [-0.4, -0.2) is 55.6 Å². The van der Waals surface area contributed by atoms with Crippen molar-refractivity contribution < 1.29 is 23.4 Å². The zero-order valence-corrected chi connectivity index (χ0v) is 20.0. The molecule has 0 bridgehead atoms. The van der Waals surface area contributed by atoms with E-state index in [0.717, 1.165) is 10.9 Å². The van der Waals surface area contributed by atoms with Gasteiger partial charge in [-0.05, 0) is 25.5 Å². The number of carbonyl (C=O) groups excluding carboxylic acids is 3. The zero-order valence-electron chi connectivity index (χ0n) is 20.0. The molecule has 188 valence electrons. The summed E-state index contributed by atoms with van der Waals surface area (Å²) in [7, 11) is 0. The molecule has 0 aliphatic carbocycles. The molecule has 0 aliphatic rings. The van der Waals surface area contributed by atoms with Crippen LogP contribution in [-0.2, 0) is 16.0 Å². The van der Waals surface area contributed by atoms with Gasteiger partial charge in [0.25, 0.3) is 5.91 Å². The van der Waals surface area contributed by atoms with E-state index >= 15 is 0 Å². The van der Waals surface area contributed by atoms with Crippen molar-refractivity contribution in [1.82, 2.24) is 41.2 Å². The zero-order chi connectivity index (χ0) is 25.7. The molecule has 0 saturated carbocycles. The van der Waals surface area contributed by atoms with Gasteiger partial charge in [0.15, 0.2) is 11.6 Å². The number of amides is 3. The van der Waals surface area contributed by atoms with E-state index in [0.29, 0.717) is 42.0 Å². The lowest BCUT2D eigenvalue weighted by Gasteiger charge is -2.19. The van der Waals surface area contributed by atoms with Gasteiger partial charge in [0.2, 0.25) is 23.6 Å². The Balaban J connectivity index is 1.29. The molecule has 0 aliphatic heterocycles. The fourth-order valence-corrected chi connectivity index (χ4v) is 3.54. The van der Waals surface area contributed by atoms with Gasteiger partial charge in [-0.3, -0.25) is 14.4 Å². The fraction of sp³-hybridized carbons (Fsp3) is 0.348. The number of aromatic amines is 1. The Morgan fingerprint density at radius 3 is 2.47 bits per heavy atom. The van der Waals surface area contributed by atoms with Crippen molar-refractivity contribution in [1.29, 1.82) is 0 Å². The Hall–Kier alpha value is -4.55. The van der Waals surface area contributed by atoms with E-state index in [4.69, 9.17) is 9.05 Å². The van der Waals surface area contributed by atoms with E-state index in [1.54, 1.807) is 19.9 Å². The predicted octanol–water partition coefficient (Wildman–Crippen LogP) is 1.28.